The zero-order valence-electron chi connectivity index (χ0n) is 14.8. The van der Waals surface area contributed by atoms with Gasteiger partial charge in [0.15, 0.2) is 6.61 Å². The van der Waals surface area contributed by atoms with E-state index in [0.717, 1.165) is 16.6 Å². The molecule has 0 unspecified atom stereocenters. The zero-order chi connectivity index (χ0) is 18.5. The maximum Gasteiger partial charge on any atom is 0.258 e. The summed E-state index contributed by atoms with van der Waals surface area (Å²) in [5, 5.41) is 21.0. The van der Waals surface area contributed by atoms with Crippen molar-refractivity contribution in [3.05, 3.63) is 48.0 Å². The van der Waals surface area contributed by atoms with Crippen LogP contribution < -0.4 is 10.1 Å². The molecule has 7 nitrogen and oxygen atoms in total. The number of rotatable bonds is 7. The van der Waals surface area contributed by atoms with Gasteiger partial charge in [-0.1, -0.05) is 18.2 Å². The van der Waals surface area contributed by atoms with Gasteiger partial charge in [0.2, 0.25) is 0 Å². The minimum atomic E-state index is -0.191. The third kappa shape index (κ3) is 4.18. The quantitative estimate of drug-likeness (QED) is 0.676. The highest BCUT2D eigenvalue weighted by atomic mass is 16.5. The molecular weight excluding hydrogens is 332 g/mol. The summed E-state index contributed by atoms with van der Waals surface area (Å²) in [5.41, 5.74) is 3.10. The topological polar surface area (TPSA) is 89.3 Å². The molecule has 1 aromatic heterocycles. The van der Waals surface area contributed by atoms with E-state index in [2.05, 4.69) is 15.5 Å². The molecule has 26 heavy (non-hydrogen) atoms. The molecule has 0 fully saturated rings. The number of nitrogens with zero attached hydrogens (tertiary/aromatic N) is 3. The highest BCUT2D eigenvalue weighted by Gasteiger charge is 2.13. The van der Waals surface area contributed by atoms with Gasteiger partial charge in [-0.3, -0.25) is 4.79 Å². The Morgan fingerprint density at radius 1 is 1.19 bits per heavy atom. The minimum absolute atomic E-state index is 0.0466. The monoisotopic (exact) mass is 354 g/mol. The van der Waals surface area contributed by atoms with E-state index in [1.165, 1.54) is 4.80 Å². The van der Waals surface area contributed by atoms with Gasteiger partial charge in [-0.2, -0.15) is 0 Å². The molecule has 0 saturated carbocycles. The molecule has 2 aromatic carbocycles. The summed E-state index contributed by atoms with van der Waals surface area (Å²) in [6.45, 7) is 3.74. The van der Waals surface area contributed by atoms with Crippen LogP contribution in [0.4, 0.5) is 0 Å². The lowest BCUT2D eigenvalue weighted by atomic mass is 10.1. The molecule has 3 rings (SSSR count). The van der Waals surface area contributed by atoms with Crippen LogP contribution in [0.3, 0.4) is 0 Å². The summed E-state index contributed by atoms with van der Waals surface area (Å²) < 4.78 is 5.71. The largest absolute Gasteiger partial charge is 0.481 e. The zero-order valence-corrected chi connectivity index (χ0v) is 14.8. The number of hydrogen-bond acceptors (Lipinski definition) is 5. The van der Waals surface area contributed by atoms with Gasteiger partial charge in [0, 0.05) is 12.6 Å². The van der Waals surface area contributed by atoms with Crippen molar-refractivity contribution in [3.63, 3.8) is 0 Å². The highest BCUT2D eigenvalue weighted by molar-refractivity contribution is 5.78. The molecular formula is C19H22N4O3. The van der Waals surface area contributed by atoms with E-state index in [9.17, 15) is 9.90 Å². The molecule has 0 saturated heterocycles. The van der Waals surface area contributed by atoms with Crippen LogP contribution in [0.2, 0.25) is 0 Å². The number of aliphatic hydroxyl groups is 1. The Balaban J connectivity index is 1.92. The van der Waals surface area contributed by atoms with Crippen LogP contribution >= 0.6 is 0 Å². The summed E-state index contributed by atoms with van der Waals surface area (Å²) in [4.78, 5) is 13.4. The average molecular weight is 354 g/mol. The molecule has 0 aliphatic carbocycles. The molecule has 136 valence electrons. The van der Waals surface area contributed by atoms with E-state index in [-0.39, 0.29) is 25.2 Å². The Hall–Kier alpha value is -2.93. The van der Waals surface area contributed by atoms with E-state index in [1.807, 2.05) is 50.2 Å². The van der Waals surface area contributed by atoms with Crippen LogP contribution in [0.25, 0.3) is 16.7 Å². The molecule has 0 spiro atoms. The fourth-order valence-electron chi connectivity index (χ4n) is 2.60. The van der Waals surface area contributed by atoms with Crippen molar-refractivity contribution < 1.29 is 14.6 Å². The third-order valence-electron chi connectivity index (χ3n) is 3.73. The number of nitrogens with one attached hydrogen (secondary N) is 1. The van der Waals surface area contributed by atoms with Crippen LogP contribution in [0.5, 0.6) is 5.75 Å². The van der Waals surface area contributed by atoms with E-state index >= 15 is 0 Å². The van der Waals surface area contributed by atoms with E-state index in [1.54, 1.807) is 6.07 Å². The second-order valence-electron chi connectivity index (χ2n) is 6.26. The lowest BCUT2D eigenvalue weighted by Gasteiger charge is -2.13. The number of aliphatic hydroxyl groups excluding tert-OH is 1. The van der Waals surface area contributed by atoms with Crippen molar-refractivity contribution in [2.75, 3.05) is 13.2 Å². The maximum atomic E-state index is 11.9. The van der Waals surface area contributed by atoms with Gasteiger partial charge in [0.05, 0.1) is 0 Å². The molecule has 0 aliphatic heterocycles. The number of aromatic nitrogens is 3. The number of amides is 1. The summed E-state index contributed by atoms with van der Waals surface area (Å²) in [7, 11) is 0. The van der Waals surface area contributed by atoms with Crippen molar-refractivity contribution in [3.8, 4) is 11.4 Å². The Bertz CT molecular complexity index is 872. The van der Waals surface area contributed by atoms with Crippen LogP contribution in [0.1, 0.15) is 19.4 Å². The van der Waals surface area contributed by atoms with Crippen LogP contribution in [0.15, 0.2) is 42.5 Å². The fourth-order valence-corrected chi connectivity index (χ4v) is 2.60. The molecule has 0 atom stereocenters. The highest BCUT2D eigenvalue weighted by Crippen LogP contribution is 2.25. The first kappa shape index (κ1) is 17.9. The predicted octanol–water partition coefficient (Wildman–Crippen LogP) is 1.86. The average Bonchev–Trinajstić information content (AvgIpc) is 3.04. The second kappa shape index (κ2) is 7.97. The van der Waals surface area contributed by atoms with Crippen LogP contribution in [-0.2, 0) is 11.2 Å². The van der Waals surface area contributed by atoms with Crippen molar-refractivity contribution in [2.45, 2.75) is 26.3 Å². The van der Waals surface area contributed by atoms with Crippen LogP contribution in [0, 0.1) is 0 Å². The van der Waals surface area contributed by atoms with Crippen LogP contribution in [-0.4, -0.2) is 45.3 Å². The first-order chi connectivity index (χ1) is 12.6. The van der Waals surface area contributed by atoms with Gasteiger partial charge >= 0.3 is 0 Å². The summed E-state index contributed by atoms with van der Waals surface area (Å²) in [5.74, 6) is 0.315. The third-order valence-corrected chi connectivity index (χ3v) is 3.73. The first-order valence-electron chi connectivity index (χ1n) is 8.55. The molecule has 1 amide bonds. The SMILES string of the molecule is CC(C)NC(=O)COc1ccc(CCO)cc1-n1nc2ccccc2n1. The van der Waals surface area contributed by atoms with Gasteiger partial charge < -0.3 is 15.2 Å². The Morgan fingerprint density at radius 2 is 1.88 bits per heavy atom. The van der Waals surface area contributed by atoms with Crippen molar-refractivity contribution in [1.82, 2.24) is 20.3 Å². The smallest absolute Gasteiger partial charge is 0.258 e. The summed E-state index contributed by atoms with van der Waals surface area (Å²) in [6.07, 6.45) is 0.516. The molecule has 1 heterocycles. The number of benzene rings is 2. The standard InChI is InChI=1S/C19H22N4O3/c1-13(2)20-19(25)12-26-18-8-7-14(9-10-24)11-17(18)23-21-15-5-3-4-6-16(15)22-23/h3-8,11,13,24H,9-10,12H2,1-2H3,(H,20,25). The Morgan fingerprint density at radius 3 is 2.50 bits per heavy atom. The molecule has 2 N–H and O–H groups in total. The van der Waals surface area contributed by atoms with Crippen molar-refractivity contribution in [1.29, 1.82) is 0 Å². The maximum absolute atomic E-state index is 11.9. The van der Waals surface area contributed by atoms with Gasteiger partial charge in [0.1, 0.15) is 22.5 Å². The Kier molecular flexibility index (Phi) is 5.48. The molecule has 3 aromatic rings. The normalized spacial score (nSPS) is 11.1. The van der Waals surface area contributed by atoms with Gasteiger partial charge in [-0.25, -0.2) is 0 Å². The predicted molar refractivity (Wildman–Crippen MR) is 98.4 cm³/mol. The molecule has 0 bridgehead atoms. The number of ether oxygens (including phenoxy) is 1. The first-order valence-corrected chi connectivity index (χ1v) is 8.55. The van der Waals surface area contributed by atoms with Crippen molar-refractivity contribution in [2.24, 2.45) is 0 Å². The lowest BCUT2D eigenvalue weighted by Crippen LogP contribution is -2.34. The number of carbonyl (C=O) groups is 1. The second-order valence-corrected chi connectivity index (χ2v) is 6.26. The molecule has 0 radical (unpaired) electrons. The van der Waals surface area contributed by atoms with E-state index in [0.29, 0.717) is 17.9 Å². The lowest BCUT2D eigenvalue weighted by molar-refractivity contribution is -0.123. The van der Waals surface area contributed by atoms with E-state index in [4.69, 9.17) is 4.74 Å². The molecule has 0 aliphatic rings. The molecule has 7 heteroatoms. The van der Waals surface area contributed by atoms with Gasteiger partial charge in [-0.15, -0.1) is 15.0 Å². The van der Waals surface area contributed by atoms with Gasteiger partial charge in [-0.05, 0) is 50.1 Å². The summed E-state index contributed by atoms with van der Waals surface area (Å²) in [6, 6.07) is 13.1. The van der Waals surface area contributed by atoms with E-state index < -0.39 is 0 Å². The fraction of sp³-hybridized carbons (Fsp3) is 0.316. The van der Waals surface area contributed by atoms with Crippen molar-refractivity contribution >= 4 is 16.9 Å². The number of carbonyl (C=O) groups excluding carboxylic acids is 1. The number of hydrogen-bond donors (Lipinski definition) is 2. The van der Waals surface area contributed by atoms with Gasteiger partial charge in [0.25, 0.3) is 5.91 Å². The summed E-state index contributed by atoms with van der Waals surface area (Å²) >= 11 is 0. The Labute approximate surface area is 151 Å². The minimum Gasteiger partial charge on any atom is -0.481 e. The number of fused-ring (bicyclic) bond motifs is 1.